The fraction of sp³-hybridized carbons (Fsp3) is 0.636. The van der Waals surface area contributed by atoms with Gasteiger partial charge in [0.15, 0.2) is 16.6 Å². The Balaban J connectivity index is 1.84. The van der Waals surface area contributed by atoms with E-state index in [9.17, 15) is 4.79 Å². The Morgan fingerprint density at radius 3 is 3.11 bits per heavy atom. The third-order valence-corrected chi connectivity index (χ3v) is 3.25. The highest BCUT2D eigenvalue weighted by Crippen LogP contribution is 2.23. The van der Waals surface area contributed by atoms with Gasteiger partial charge in [0.1, 0.15) is 6.10 Å². The minimum Gasteiger partial charge on any atom is -0.464 e. The molecule has 1 N–H and O–H groups in total. The molecule has 0 bridgehead atoms. The van der Waals surface area contributed by atoms with E-state index in [1.54, 1.807) is 5.38 Å². The number of esters is 1. The molecular weight excluding hydrogens is 256 g/mol. The number of hydrogen-bond acceptors (Lipinski definition) is 7. The highest BCUT2D eigenvalue weighted by atomic mass is 32.1. The molecule has 1 aliphatic heterocycles. The van der Waals surface area contributed by atoms with E-state index in [0.717, 1.165) is 0 Å². The fourth-order valence-corrected chi connectivity index (χ4v) is 2.31. The van der Waals surface area contributed by atoms with Crippen molar-refractivity contribution in [2.24, 2.45) is 0 Å². The summed E-state index contributed by atoms with van der Waals surface area (Å²) < 4.78 is 15.7. The number of anilines is 1. The molecule has 1 aromatic rings. The number of carbonyl (C=O) groups is 1. The van der Waals surface area contributed by atoms with Gasteiger partial charge in [-0.15, -0.1) is 11.3 Å². The number of nitrogens with zero attached hydrogens (tertiary/aromatic N) is 1. The van der Waals surface area contributed by atoms with Crippen LogP contribution in [0.1, 0.15) is 24.3 Å². The predicted octanol–water partition coefficient (Wildman–Crippen LogP) is 1.49. The highest BCUT2D eigenvalue weighted by molar-refractivity contribution is 7.13. The summed E-state index contributed by atoms with van der Waals surface area (Å²) in [5.41, 5.74) is 0.314. The van der Waals surface area contributed by atoms with Crippen molar-refractivity contribution < 1.29 is 19.0 Å². The van der Waals surface area contributed by atoms with E-state index >= 15 is 0 Å². The highest BCUT2D eigenvalue weighted by Gasteiger charge is 2.32. The van der Waals surface area contributed by atoms with E-state index in [1.807, 2.05) is 13.8 Å². The van der Waals surface area contributed by atoms with Gasteiger partial charge < -0.3 is 19.5 Å². The summed E-state index contributed by atoms with van der Waals surface area (Å²) in [5.74, 6) is -0.951. The summed E-state index contributed by atoms with van der Waals surface area (Å²) in [6.45, 7) is 4.91. The van der Waals surface area contributed by atoms with E-state index in [2.05, 4.69) is 15.0 Å². The maximum Gasteiger partial charge on any atom is 0.357 e. The van der Waals surface area contributed by atoms with Crippen molar-refractivity contribution in [1.29, 1.82) is 0 Å². The minimum atomic E-state index is -0.521. The van der Waals surface area contributed by atoms with Crippen LogP contribution in [0.3, 0.4) is 0 Å². The molecule has 1 atom stereocenters. The molecule has 0 saturated carbocycles. The zero-order chi connectivity index (χ0) is 13.2. The van der Waals surface area contributed by atoms with Gasteiger partial charge in [-0.25, -0.2) is 9.78 Å². The maximum atomic E-state index is 11.2. The summed E-state index contributed by atoms with van der Waals surface area (Å²) in [4.78, 5) is 15.3. The standard InChI is InChI=1S/C11H16N2O4S/c1-11(2)16-5-7(17-11)4-12-10-13-8(6-18-10)9(14)15-3/h6-7H,4-5H2,1-3H3,(H,12,13). The number of methoxy groups -OCH3 is 1. The molecule has 2 heterocycles. The molecule has 2 rings (SSSR count). The van der Waals surface area contributed by atoms with Gasteiger partial charge in [-0.1, -0.05) is 0 Å². The first-order valence-corrected chi connectivity index (χ1v) is 6.47. The van der Waals surface area contributed by atoms with Crippen LogP contribution < -0.4 is 5.32 Å². The second-order valence-electron chi connectivity index (χ2n) is 4.36. The van der Waals surface area contributed by atoms with Gasteiger partial charge in [0, 0.05) is 11.9 Å². The first-order chi connectivity index (χ1) is 8.50. The number of thiazole rings is 1. The van der Waals surface area contributed by atoms with Crippen LogP contribution in [-0.2, 0) is 14.2 Å². The van der Waals surface area contributed by atoms with Gasteiger partial charge in [-0.2, -0.15) is 0 Å². The maximum absolute atomic E-state index is 11.2. The van der Waals surface area contributed by atoms with Crippen LogP contribution in [0.4, 0.5) is 5.13 Å². The van der Waals surface area contributed by atoms with Gasteiger partial charge in [0.25, 0.3) is 0 Å². The van der Waals surface area contributed by atoms with Gasteiger partial charge >= 0.3 is 5.97 Å². The first-order valence-electron chi connectivity index (χ1n) is 5.59. The number of hydrogen-bond donors (Lipinski definition) is 1. The lowest BCUT2D eigenvalue weighted by Gasteiger charge is -2.17. The lowest BCUT2D eigenvalue weighted by molar-refractivity contribution is -0.136. The molecule has 1 aromatic heterocycles. The number of rotatable bonds is 4. The molecular formula is C11H16N2O4S. The van der Waals surface area contributed by atoms with E-state index in [-0.39, 0.29) is 6.10 Å². The molecule has 18 heavy (non-hydrogen) atoms. The molecule has 6 nitrogen and oxygen atoms in total. The molecule has 0 spiro atoms. The fourth-order valence-electron chi connectivity index (χ4n) is 1.62. The summed E-state index contributed by atoms with van der Waals surface area (Å²) >= 11 is 1.36. The molecule has 0 aromatic carbocycles. The first kappa shape index (κ1) is 13.3. The lowest BCUT2D eigenvalue weighted by Crippen LogP contribution is -2.26. The van der Waals surface area contributed by atoms with Crippen LogP contribution in [0.25, 0.3) is 0 Å². The van der Waals surface area contributed by atoms with Crippen molar-refractivity contribution >= 4 is 22.4 Å². The summed E-state index contributed by atoms with van der Waals surface area (Å²) in [7, 11) is 1.33. The van der Waals surface area contributed by atoms with Crippen LogP contribution in [0.5, 0.6) is 0 Å². The Labute approximate surface area is 109 Å². The SMILES string of the molecule is COC(=O)c1csc(NCC2COC(C)(C)O2)n1. The van der Waals surface area contributed by atoms with Gasteiger partial charge in [-0.05, 0) is 13.8 Å². The molecule has 1 aliphatic rings. The topological polar surface area (TPSA) is 69.7 Å². The second-order valence-corrected chi connectivity index (χ2v) is 5.22. The van der Waals surface area contributed by atoms with Crippen molar-refractivity contribution in [1.82, 2.24) is 4.98 Å². The zero-order valence-corrected chi connectivity index (χ0v) is 11.4. The Hall–Kier alpha value is -1.18. The van der Waals surface area contributed by atoms with Gasteiger partial charge in [-0.3, -0.25) is 0 Å². The smallest absolute Gasteiger partial charge is 0.357 e. The van der Waals surface area contributed by atoms with Crippen LogP contribution in [0.15, 0.2) is 5.38 Å². The van der Waals surface area contributed by atoms with Crippen molar-refractivity contribution in [2.45, 2.75) is 25.7 Å². The Bertz CT molecular complexity index is 432. The van der Waals surface area contributed by atoms with E-state index in [0.29, 0.717) is 24.0 Å². The lowest BCUT2D eigenvalue weighted by atomic mass is 10.4. The molecule has 1 saturated heterocycles. The Kier molecular flexibility index (Phi) is 3.84. The number of carbonyl (C=O) groups excluding carboxylic acids is 1. The number of aromatic nitrogens is 1. The van der Waals surface area contributed by atoms with E-state index in [4.69, 9.17) is 9.47 Å². The van der Waals surface area contributed by atoms with Crippen molar-refractivity contribution in [3.8, 4) is 0 Å². The molecule has 100 valence electrons. The van der Waals surface area contributed by atoms with Crippen LogP contribution in [-0.4, -0.2) is 43.1 Å². The summed E-state index contributed by atoms with van der Waals surface area (Å²) in [6, 6.07) is 0. The summed E-state index contributed by atoms with van der Waals surface area (Å²) in [5, 5.41) is 5.45. The Morgan fingerprint density at radius 2 is 2.50 bits per heavy atom. The third kappa shape index (κ3) is 3.18. The van der Waals surface area contributed by atoms with Gasteiger partial charge in [0.2, 0.25) is 0 Å². The normalized spacial score (nSPS) is 21.8. The average Bonchev–Trinajstić information content (AvgIpc) is 2.92. The minimum absolute atomic E-state index is 0.00882. The van der Waals surface area contributed by atoms with Crippen LogP contribution in [0, 0.1) is 0 Å². The number of ether oxygens (including phenoxy) is 3. The molecule has 7 heteroatoms. The summed E-state index contributed by atoms with van der Waals surface area (Å²) in [6.07, 6.45) is -0.00882. The molecule has 1 fully saturated rings. The van der Waals surface area contributed by atoms with Crippen LogP contribution in [0.2, 0.25) is 0 Å². The third-order valence-electron chi connectivity index (χ3n) is 2.45. The average molecular weight is 272 g/mol. The van der Waals surface area contributed by atoms with Gasteiger partial charge in [0.05, 0.1) is 13.7 Å². The quantitative estimate of drug-likeness (QED) is 0.837. The van der Waals surface area contributed by atoms with Crippen molar-refractivity contribution in [2.75, 3.05) is 25.6 Å². The monoisotopic (exact) mass is 272 g/mol. The van der Waals surface area contributed by atoms with Crippen LogP contribution >= 0.6 is 11.3 Å². The molecule has 0 amide bonds. The zero-order valence-electron chi connectivity index (χ0n) is 10.6. The molecule has 0 radical (unpaired) electrons. The second kappa shape index (κ2) is 5.21. The van der Waals surface area contributed by atoms with Crippen molar-refractivity contribution in [3.63, 3.8) is 0 Å². The predicted molar refractivity (Wildman–Crippen MR) is 66.8 cm³/mol. The largest absolute Gasteiger partial charge is 0.464 e. The number of nitrogens with one attached hydrogen (secondary N) is 1. The Morgan fingerprint density at radius 1 is 1.72 bits per heavy atom. The van der Waals surface area contributed by atoms with Crippen molar-refractivity contribution in [3.05, 3.63) is 11.1 Å². The molecule has 0 aliphatic carbocycles. The van der Waals surface area contributed by atoms with E-state index < -0.39 is 11.8 Å². The molecule has 1 unspecified atom stereocenters. The van der Waals surface area contributed by atoms with E-state index in [1.165, 1.54) is 18.4 Å².